The Morgan fingerprint density at radius 3 is 2.75 bits per heavy atom. The van der Waals surface area contributed by atoms with Crippen molar-refractivity contribution >= 4 is 23.5 Å². The maximum atomic E-state index is 6.01. The minimum Gasteiger partial charge on any atom is -0.493 e. The van der Waals surface area contributed by atoms with Crippen molar-refractivity contribution in [2.75, 3.05) is 12.0 Å². The van der Waals surface area contributed by atoms with Gasteiger partial charge in [0.15, 0.2) is 0 Å². The number of rotatable bonds is 6. The number of nitrogens with one attached hydrogen (secondary N) is 1. The third-order valence-corrected chi connectivity index (χ3v) is 2.84. The molecule has 3 nitrogen and oxygen atoms in total. The highest BCUT2D eigenvalue weighted by Gasteiger charge is 2.02. The predicted molar refractivity (Wildman–Crippen MR) is 84.9 cm³/mol. The third kappa shape index (κ3) is 4.28. The first-order valence-electron chi connectivity index (χ1n) is 6.56. The number of ether oxygens (including phenoxy) is 1. The van der Waals surface area contributed by atoms with Crippen LogP contribution in [0.2, 0.25) is 5.02 Å². The Hall–Kier alpha value is -2.00. The van der Waals surface area contributed by atoms with Crippen LogP contribution in [0, 0.1) is 0 Å². The zero-order valence-corrected chi connectivity index (χ0v) is 12.1. The normalized spacial score (nSPS) is 10.7. The van der Waals surface area contributed by atoms with Crippen LogP contribution in [0.15, 0.2) is 53.6 Å². The number of para-hydroxylation sites is 1. The number of benzene rings is 2. The van der Waals surface area contributed by atoms with Crippen LogP contribution in [-0.2, 0) is 0 Å². The molecule has 20 heavy (non-hydrogen) atoms. The summed E-state index contributed by atoms with van der Waals surface area (Å²) in [5.74, 6) is 0.787. The maximum absolute atomic E-state index is 6.01. The van der Waals surface area contributed by atoms with Gasteiger partial charge in [0.05, 0.1) is 18.5 Å². The highest BCUT2D eigenvalue weighted by atomic mass is 35.5. The van der Waals surface area contributed by atoms with E-state index in [1.165, 1.54) is 0 Å². The summed E-state index contributed by atoms with van der Waals surface area (Å²) in [4.78, 5) is 0. The predicted octanol–water partition coefficient (Wildman–Crippen LogP) is 4.57. The van der Waals surface area contributed by atoms with Gasteiger partial charge in [0.25, 0.3) is 0 Å². The Kier molecular flexibility index (Phi) is 5.44. The Balaban J connectivity index is 2.09. The smallest absolute Gasteiger partial charge is 0.128 e. The number of nitrogens with zero attached hydrogens (tertiary/aromatic N) is 1. The van der Waals surface area contributed by atoms with Crippen molar-refractivity contribution in [3.05, 3.63) is 59.1 Å². The number of hydrogen-bond donors (Lipinski definition) is 1. The zero-order valence-electron chi connectivity index (χ0n) is 11.3. The van der Waals surface area contributed by atoms with E-state index < -0.39 is 0 Å². The summed E-state index contributed by atoms with van der Waals surface area (Å²) >= 11 is 6.01. The Bertz CT molecular complexity index is 570. The molecule has 0 aliphatic rings. The van der Waals surface area contributed by atoms with Crippen molar-refractivity contribution in [3.63, 3.8) is 0 Å². The van der Waals surface area contributed by atoms with Gasteiger partial charge in [0, 0.05) is 10.6 Å². The van der Waals surface area contributed by atoms with Crippen molar-refractivity contribution < 1.29 is 4.74 Å². The van der Waals surface area contributed by atoms with Crippen molar-refractivity contribution in [1.82, 2.24) is 0 Å². The van der Waals surface area contributed by atoms with Gasteiger partial charge in [-0.15, -0.1) is 0 Å². The first-order valence-corrected chi connectivity index (χ1v) is 6.94. The van der Waals surface area contributed by atoms with Crippen LogP contribution in [0.25, 0.3) is 0 Å². The van der Waals surface area contributed by atoms with Gasteiger partial charge in [0.2, 0.25) is 0 Å². The van der Waals surface area contributed by atoms with Crippen molar-refractivity contribution in [2.45, 2.75) is 13.3 Å². The third-order valence-electron chi connectivity index (χ3n) is 2.60. The van der Waals surface area contributed by atoms with Gasteiger partial charge in [-0.3, -0.25) is 5.43 Å². The van der Waals surface area contributed by atoms with E-state index in [0.717, 1.165) is 23.4 Å². The lowest BCUT2D eigenvalue weighted by Crippen LogP contribution is -1.99. The summed E-state index contributed by atoms with van der Waals surface area (Å²) in [5, 5.41) is 4.87. The Morgan fingerprint density at radius 2 is 2.00 bits per heavy atom. The summed E-state index contributed by atoms with van der Waals surface area (Å²) < 4.78 is 5.67. The molecule has 0 saturated heterocycles. The second-order valence-corrected chi connectivity index (χ2v) is 4.70. The minimum absolute atomic E-state index is 0.662. The van der Waals surface area contributed by atoms with Crippen molar-refractivity contribution in [3.8, 4) is 5.75 Å². The molecular weight excluding hydrogens is 272 g/mol. The average Bonchev–Trinajstić information content (AvgIpc) is 2.47. The summed E-state index contributed by atoms with van der Waals surface area (Å²) in [6.45, 7) is 2.75. The van der Waals surface area contributed by atoms with E-state index >= 15 is 0 Å². The molecule has 4 heteroatoms. The van der Waals surface area contributed by atoms with Crippen LogP contribution >= 0.6 is 11.6 Å². The van der Waals surface area contributed by atoms with Gasteiger partial charge in [-0.05, 0) is 36.8 Å². The number of anilines is 1. The van der Waals surface area contributed by atoms with Gasteiger partial charge >= 0.3 is 0 Å². The quantitative estimate of drug-likeness (QED) is 0.624. The SMILES string of the molecule is CCCOc1ccc(Cl)cc1C=NNc1ccccc1. The number of hydrogen-bond acceptors (Lipinski definition) is 3. The molecule has 2 aromatic rings. The number of halogens is 1. The molecule has 0 heterocycles. The topological polar surface area (TPSA) is 33.6 Å². The lowest BCUT2D eigenvalue weighted by atomic mass is 10.2. The standard InChI is InChI=1S/C16H17ClN2O/c1-2-10-20-16-9-8-14(17)11-13(16)12-18-19-15-6-4-3-5-7-15/h3-9,11-12,19H,2,10H2,1H3. The molecule has 0 aromatic heterocycles. The van der Waals surface area contributed by atoms with Gasteiger partial charge < -0.3 is 4.74 Å². The summed E-state index contributed by atoms with van der Waals surface area (Å²) in [6.07, 6.45) is 2.67. The second-order valence-electron chi connectivity index (χ2n) is 4.27. The van der Waals surface area contributed by atoms with Crippen molar-refractivity contribution in [2.24, 2.45) is 5.10 Å². The fourth-order valence-electron chi connectivity index (χ4n) is 1.65. The van der Waals surface area contributed by atoms with E-state index in [2.05, 4.69) is 17.5 Å². The highest BCUT2D eigenvalue weighted by molar-refractivity contribution is 6.30. The first-order chi connectivity index (χ1) is 9.79. The fraction of sp³-hybridized carbons (Fsp3) is 0.188. The molecule has 0 bridgehead atoms. The summed E-state index contributed by atoms with van der Waals surface area (Å²) in [5.41, 5.74) is 4.75. The zero-order chi connectivity index (χ0) is 14.2. The molecule has 0 radical (unpaired) electrons. The minimum atomic E-state index is 0.662. The van der Waals surface area contributed by atoms with Crippen LogP contribution in [0.3, 0.4) is 0 Å². The molecule has 0 fully saturated rings. The van der Waals surface area contributed by atoms with Crippen LogP contribution in [0.5, 0.6) is 5.75 Å². The average molecular weight is 289 g/mol. The van der Waals surface area contributed by atoms with E-state index in [1.807, 2.05) is 48.5 Å². The van der Waals surface area contributed by atoms with Crippen LogP contribution in [-0.4, -0.2) is 12.8 Å². The summed E-state index contributed by atoms with van der Waals surface area (Å²) in [7, 11) is 0. The second kappa shape index (κ2) is 7.56. The summed E-state index contributed by atoms with van der Waals surface area (Å²) in [6, 6.07) is 15.3. The van der Waals surface area contributed by atoms with E-state index in [4.69, 9.17) is 16.3 Å². The monoisotopic (exact) mass is 288 g/mol. The molecule has 0 unspecified atom stereocenters. The molecule has 104 valence electrons. The fourth-order valence-corrected chi connectivity index (χ4v) is 1.83. The molecule has 0 aliphatic heterocycles. The van der Waals surface area contributed by atoms with Gasteiger partial charge in [0.1, 0.15) is 5.75 Å². The van der Waals surface area contributed by atoms with Gasteiger partial charge in [-0.25, -0.2) is 0 Å². The molecule has 1 N–H and O–H groups in total. The molecule has 2 rings (SSSR count). The molecule has 2 aromatic carbocycles. The molecule has 0 spiro atoms. The first kappa shape index (κ1) is 14.4. The highest BCUT2D eigenvalue weighted by Crippen LogP contribution is 2.21. The van der Waals surface area contributed by atoms with E-state index in [-0.39, 0.29) is 0 Å². The molecular formula is C16H17ClN2O. The largest absolute Gasteiger partial charge is 0.493 e. The van der Waals surface area contributed by atoms with E-state index in [9.17, 15) is 0 Å². The van der Waals surface area contributed by atoms with Crippen LogP contribution < -0.4 is 10.2 Å². The Morgan fingerprint density at radius 1 is 1.20 bits per heavy atom. The lowest BCUT2D eigenvalue weighted by Gasteiger charge is -2.08. The Labute approximate surface area is 124 Å². The van der Waals surface area contributed by atoms with E-state index in [1.54, 1.807) is 6.21 Å². The molecule has 0 atom stereocenters. The van der Waals surface area contributed by atoms with E-state index in [0.29, 0.717) is 11.6 Å². The number of hydrazone groups is 1. The molecule has 0 aliphatic carbocycles. The van der Waals surface area contributed by atoms with Gasteiger partial charge in [-0.2, -0.15) is 5.10 Å². The maximum Gasteiger partial charge on any atom is 0.128 e. The van der Waals surface area contributed by atoms with Crippen molar-refractivity contribution in [1.29, 1.82) is 0 Å². The molecule has 0 saturated carbocycles. The van der Waals surface area contributed by atoms with Gasteiger partial charge in [-0.1, -0.05) is 36.7 Å². The molecule has 0 amide bonds. The van der Waals surface area contributed by atoms with Crippen LogP contribution in [0.1, 0.15) is 18.9 Å². The van der Waals surface area contributed by atoms with Crippen LogP contribution in [0.4, 0.5) is 5.69 Å². The lowest BCUT2D eigenvalue weighted by molar-refractivity contribution is 0.317.